The summed E-state index contributed by atoms with van der Waals surface area (Å²) in [5.74, 6) is -0.178. The van der Waals surface area contributed by atoms with E-state index < -0.39 is 10.0 Å². The summed E-state index contributed by atoms with van der Waals surface area (Å²) < 4.78 is 42.4. The van der Waals surface area contributed by atoms with E-state index in [-0.39, 0.29) is 10.7 Å². The van der Waals surface area contributed by atoms with Crippen LogP contribution in [0.2, 0.25) is 0 Å². The van der Waals surface area contributed by atoms with Crippen molar-refractivity contribution in [3.05, 3.63) is 102 Å². The number of para-hydroxylation sites is 1. The van der Waals surface area contributed by atoms with Crippen molar-refractivity contribution in [3.63, 3.8) is 0 Å². The Morgan fingerprint density at radius 1 is 0.861 bits per heavy atom. The molecule has 3 aromatic carbocycles. The number of pyridine rings is 1. The zero-order chi connectivity index (χ0) is 25.1. The standard InChI is InChI=1S/C28H29FN4O2S/c1-21-16-23(18-25(29)17-21)20-33-14-12-32(13-15-33)19-22-7-9-26(10-8-22)31-36(34,35)27-6-2-4-24-5-3-11-30-28(24)27/h2-11,16-18,31H,12-15,19-20H2,1H3. The predicted molar refractivity (Wildman–Crippen MR) is 141 cm³/mol. The van der Waals surface area contributed by atoms with Gasteiger partial charge in [-0.1, -0.05) is 36.4 Å². The molecule has 0 aliphatic carbocycles. The van der Waals surface area contributed by atoms with Crippen molar-refractivity contribution in [3.8, 4) is 0 Å². The highest BCUT2D eigenvalue weighted by molar-refractivity contribution is 7.93. The van der Waals surface area contributed by atoms with Crippen molar-refractivity contribution in [1.29, 1.82) is 0 Å². The summed E-state index contributed by atoms with van der Waals surface area (Å²) in [6, 6.07) is 21.5. The van der Waals surface area contributed by atoms with Crippen molar-refractivity contribution >= 4 is 26.6 Å². The van der Waals surface area contributed by atoms with E-state index in [0.717, 1.165) is 61.3 Å². The van der Waals surface area contributed by atoms with Gasteiger partial charge in [0.05, 0.1) is 5.52 Å². The van der Waals surface area contributed by atoms with Crippen LogP contribution >= 0.6 is 0 Å². The van der Waals surface area contributed by atoms with Gasteiger partial charge in [-0.2, -0.15) is 0 Å². The van der Waals surface area contributed by atoms with E-state index in [0.29, 0.717) is 11.2 Å². The Bertz CT molecular complexity index is 1440. The van der Waals surface area contributed by atoms with Crippen molar-refractivity contribution < 1.29 is 12.8 Å². The van der Waals surface area contributed by atoms with Gasteiger partial charge in [0.2, 0.25) is 0 Å². The summed E-state index contributed by atoms with van der Waals surface area (Å²) in [5.41, 5.74) is 4.05. The first-order valence-electron chi connectivity index (χ1n) is 12.0. The minimum absolute atomic E-state index is 0.163. The minimum Gasteiger partial charge on any atom is -0.297 e. The summed E-state index contributed by atoms with van der Waals surface area (Å²) in [5, 5.41) is 0.780. The number of aromatic nitrogens is 1. The Morgan fingerprint density at radius 3 is 2.22 bits per heavy atom. The van der Waals surface area contributed by atoms with E-state index in [4.69, 9.17) is 0 Å². The van der Waals surface area contributed by atoms with E-state index in [9.17, 15) is 12.8 Å². The molecule has 1 fully saturated rings. The lowest BCUT2D eigenvalue weighted by atomic mass is 10.1. The number of sulfonamides is 1. The summed E-state index contributed by atoms with van der Waals surface area (Å²) in [6.45, 7) is 7.18. The zero-order valence-electron chi connectivity index (χ0n) is 20.2. The van der Waals surface area contributed by atoms with Crippen LogP contribution in [0.25, 0.3) is 10.9 Å². The summed E-state index contributed by atoms with van der Waals surface area (Å²) in [6.07, 6.45) is 1.60. The third kappa shape index (κ3) is 5.73. The molecule has 6 nitrogen and oxygen atoms in total. The first kappa shape index (κ1) is 24.4. The smallest absolute Gasteiger partial charge is 0.264 e. The quantitative estimate of drug-likeness (QED) is 0.392. The van der Waals surface area contributed by atoms with Crippen molar-refractivity contribution in [1.82, 2.24) is 14.8 Å². The maximum Gasteiger partial charge on any atom is 0.264 e. The number of hydrogen-bond donors (Lipinski definition) is 1. The maximum absolute atomic E-state index is 13.7. The number of hydrogen-bond acceptors (Lipinski definition) is 5. The van der Waals surface area contributed by atoms with Crippen molar-refractivity contribution in [2.24, 2.45) is 0 Å². The average Bonchev–Trinajstić information content (AvgIpc) is 2.85. The van der Waals surface area contributed by atoms with Gasteiger partial charge < -0.3 is 0 Å². The van der Waals surface area contributed by atoms with E-state index >= 15 is 0 Å². The maximum atomic E-state index is 13.7. The fourth-order valence-corrected chi connectivity index (χ4v) is 5.95. The molecule has 186 valence electrons. The van der Waals surface area contributed by atoms with Gasteiger partial charge in [-0.15, -0.1) is 0 Å². The van der Waals surface area contributed by atoms with Crippen LogP contribution in [0.3, 0.4) is 0 Å². The molecule has 0 amide bonds. The van der Waals surface area contributed by atoms with Gasteiger partial charge in [-0.3, -0.25) is 19.5 Å². The summed E-state index contributed by atoms with van der Waals surface area (Å²) in [4.78, 5) is 9.16. The Labute approximate surface area is 211 Å². The van der Waals surface area contributed by atoms with Crippen LogP contribution in [0.1, 0.15) is 16.7 Å². The van der Waals surface area contributed by atoms with Crippen LogP contribution in [0.5, 0.6) is 0 Å². The SMILES string of the molecule is Cc1cc(F)cc(CN2CCN(Cc3ccc(NS(=O)(=O)c4cccc5cccnc45)cc3)CC2)c1. The fraction of sp³-hybridized carbons (Fsp3) is 0.250. The molecule has 1 N–H and O–H groups in total. The molecule has 1 saturated heterocycles. The highest BCUT2D eigenvalue weighted by Gasteiger charge is 2.19. The van der Waals surface area contributed by atoms with Crippen LogP contribution in [-0.4, -0.2) is 49.4 Å². The molecule has 1 aromatic heterocycles. The minimum atomic E-state index is -3.77. The van der Waals surface area contributed by atoms with Gasteiger partial charge in [0.25, 0.3) is 10.0 Å². The Morgan fingerprint density at radius 2 is 1.53 bits per heavy atom. The highest BCUT2D eigenvalue weighted by Crippen LogP contribution is 2.24. The molecular weight excluding hydrogens is 475 g/mol. The second-order valence-corrected chi connectivity index (χ2v) is 11.0. The molecule has 0 unspecified atom stereocenters. The van der Waals surface area contributed by atoms with Gasteiger partial charge in [0.1, 0.15) is 10.7 Å². The van der Waals surface area contributed by atoms with E-state index in [2.05, 4.69) is 19.5 Å². The molecule has 4 aromatic rings. The molecule has 2 heterocycles. The number of benzene rings is 3. The molecule has 1 aliphatic rings. The van der Waals surface area contributed by atoms with Gasteiger partial charge in [-0.25, -0.2) is 12.8 Å². The Hall–Kier alpha value is -3.33. The van der Waals surface area contributed by atoms with Crippen LogP contribution in [0.4, 0.5) is 10.1 Å². The van der Waals surface area contributed by atoms with E-state index in [1.54, 1.807) is 48.7 Å². The lowest BCUT2D eigenvalue weighted by molar-refractivity contribution is 0.122. The molecule has 36 heavy (non-hydrogen) atoms. The lowest BCUT2D eigenvalue weighted by Gasteiger charge is -2.34. The number of anilines is 1. The molecule has 0 atom stereocenters. The lowest BCUT2D eigenvalue weighted by Crippen LogP contribution is -2.45. The first-order chi connectivity index (χ1) is 17.4. The largest absolute Gasteiger partial charge is 0.297 e. The van der Waals surface area contributed by atoms with Crippen LogP contribution in [0, 0.1) is 12.7 Å². The second kappa shape index (κ2) is 10.3. The summed E-state index contributed by atoms with van der Waals surface area (Å²) >= 11 is 0. The van der Waals surface area contributed by atoms with Crippen molar-refractivity contribution in [2.45, 2.75) is 24.9 Å². The number of piperazine rings is 1. The monoisotopic (exact) mass is 504 g/mol. The number of fused-ring (bicyclic) bond motifs is 1. The number of nitrogens with zero attached hydrogens (tertiary/aromatic N) is 3. The number of halogens is 1. The first-order valence-corrected chi connectivity index (χ1v) is 13.5. The second-order valence-electron chi connectivity index (χ2n) is 9.32. The summed E-state index contributed by atoms with van der Waals surface area (Å²) in [7, 11) is -3.77. The third-order valence-corrected chi connectivity index (χ3v) is 7.88. The molecule has 1 aliphatic heterocycles. The third-order valence-electron chi connectivity index (χ3n) is 6.47. The van der Waals surface area contributed by atoms with Crippen LogP contribution in [-0.2, 0) is 23.1 Å². The Balaban J connectivity index is 1.17. The number of aryl methyl sites for hydroxylation is 1. The van der Waals surface area contributed by atoms with Crippen molar-refractivity contribution in [2.75, 3.05) is 30.9 Å². The zero-order valence-corrected chi connectivity index (χ0v) is 21.0. The molecule has 0 spiro atoms. The highest BCUT2D eigenvalue weighted by atomic mass is 32.2. The molecule has 5 rings (SSSR count). The number of nitrogens with one attached hydrogen (secondary N) is 1. The molecule has 0 bridgehead atoms. The fourth-order valence-electron chi connectivity index (χ4n) is 4.71. The van der Waals surface area contributed by atoms with Gasteiger partial charge in [0.15, 0.2) is 0 Å². The molecule has 8 heteroatoms. The van der Waals surface area contributed by atoms with Gasteiger partial charge >= 0.3 is 0 Å². The van der Waals surface area contributed by atoms with Crippen LogP contribution < -0.4 is 4.72 Å². The van der Waals surface area contributed by atoms with Gasteiger partial charge in [0, 0.05) is 56.5 Å². The molecular formula is C28H29FN4O2S. The molecule has 0 saturated carbocycles. The topological polar surface area (TPSA) is 65.5 Å². The van der Waals surface area contributed by atoms with Gasteiger partial charge in [-0.05, 0) is 60.0 Å². The molecule has 0 radical (unpaired) electrons. The van der Waals surface area contributed by atoms with E-state index in [1.807, 2.05) is 37.3 Å². The predicted octanol–water partition coefficient (Wildman–Crippen LogP) is 4.80. The normalized spacial score (nSPS) is 15.3. The average molecular weight is 505 g/mol. The Kier molecular flexibility index (Phi) is 7.00. The van der Waals surface area contributed by atoms with Crippen LogP contribution in [0.15, 0.2) is 83.9 Å². The van der Waals surface area contributed by atoms with E-state index in [1.165, 1.54) is 0 Å². The number of rotatable bonds is 7.